The summed E-state index contributed by atoms with van der Waals surface area (Å²) < 4.78 is 47.5. The molecule has 31 heavy (non-hydrogen) atoms. The van der Waals surface area contributed by atoms with E-state index in [0.29, 0.717) is 29.7 Å². The fourth-order valence-electron chi connectivity index (χ4n) is 2.51. The molecule has 0 fully saturated rings. The lowest BCUT2D eigenvalue weighted by molar-refractivity contribution is -0.154. The number of benzene rings is 1. The maximum atomic E-state index is 12.4. The molecule has 0 amide bonds. The molecule has 166 valence electrons. The van der Waals surface area contributed by atoms with Gasteiger partial charge in [0.1, 0.15) is 6.26 Å². The van der Waals surface area contributed by atoms with Crippen molar-refractivity contribution in [3.05, 3.63) is 66.2 Å². The van der Waals surface area contributed by atoms with Crippen LogP contribution in [0.2, 0.25) is 0 Å². The highest BCUT2D eigenvalue weighted by Gasteiger charge is 2.29. The van der Waals surface area contributed by atoms with Crippen LogP contribution in [0.5, 0.6) is 5.88 Å². The number of hydrogen-bond donors (Lipinski definition) is 2. The highest BCUT2D eigenvalue weighted by atomic mass is 127. The predicted molar refractivity (Wildman–Crippen MR) is 120 cm³/mol. The van der Waals surface area contributed by atoms with Crippen LogP contribution >= 0.6 is 24.0 Å². The summed E-state index contributed by atoms with van der Waals surface area (Å²) in [7, 11) is 1.58. The molecule has 0 saturated carbocycles. The normalized spacial score (nSPS) is 11.5. The molecular formula is C20H21F3IN5O2. The highest BCUT2D eigenvalue weighted by molar-refractivity contribution is 14.0. The van der Waals surface area contributed by atoms with Gasteiger partial charge in [0, 0.05) is 30.9 Å². The van der Waals surface area contributed by atoms with Crippen molar-refractivity contribution >= 4 is 29.9 Å². The maximum absolute atomic E-state index is 12.4. The molecule has 3 rings (SSSR count). The van der Waals surface area contributed by atoms with Crippen molar-refractivity contribution in [1.82, 2.24) is 20.6 Å². The smallest absolute Gasteiger partial charge is 0.422 e. The summed E-state index contributed by atoms with van der Waals surface area (Å²) in [4.78, 5) is 12.4. The summed E-state index contributed by atoms with van der Waals surface area (Å²) in [5, 5.41) is 6.08. The minimum atomic E-state index is -4.43. The molecule has 0 aliphatic rings. The molecule has 0 unspecified atom stereocenters. The van der Waals surface area contributed by atoms with E-state index in [1.807, 2.05) is 30.3 Å². The first-order valence-electron chi connectivity index (χ1n) is 9.02. The molecule has 0 spiro atoms. The Morgan fingerprint density at radius 1 is 1.10 bits per heavy atom. The van der Waals surface area contributed by atoms with Crippen LogP contribution in [-0.2, 0) is 13.1 Å². The van der Waals surface area contributed by atoms with Gasteiger partial charge in [-0.2, -0.15) is 13.2 Å². The molecule has 11 heteroatoms. The first-order chi connectivity index (χ1) is 14.4. The lowest BCUT2D eigenvalue weighted by Crippen LogP contribution is -2.36. The quantitative estimate of drug-likeness (QED) is 0.263. The predicted octanol–water partition coefficient (Wildman–Crippen LogP) is 4.16. The lowest BCUT2D eigenvalue weighted by Gasteiger charge is -2.14. The van der Waals surface area contributed by atoms with Crippen molar-refractivity contribution < 1.29 is 22.3 Å². The zero-order valence-corrected chi connectivity index (χ0v) is 18.8. The Balaban J connectivity index is 0.00000341. The minimum absolute atomic E-state index is 0. The van der Waals surface area contributed by atoms with Gasteiger partial charge in [-0.1, -0.05) is 24.3 Å². The van der Waals surface area contributed by atoms with E-state index < -0.39 is 12.8 Å². The number of nitrogens with one attached hydrogen (secondary N) is 2. The third-order valence-electron chi connectivity index (χ3n) is 3.90. The minimum Gasteiger partial charge on any atom is -0.468 e. The number of aliphatic imine (C=N–C) groups is 1. The van der Waals surface area contributed by atoms with Crippen molar-refractivity contribution in [3.8, 4) is 17.3 Å². The van der Waals surface area contributed by atoms with E-state index in [-0.39, 0.29) is 36.4 Å². The Morgan fingerprint density at radius 2 is 1.84 bits per heavy atom. The van der Waals surface area contributed by atoms with Crippen molar-refractivity contribution in [2.45, 2.75) is 19.3 Å². The Hall–Kier alpha value is -2.83. The van der Waals surface area contributed by atoms with Crippen LogP contribution in [0.3, 0.4) is 0 Å². The van der Waals surface area contributed by atoms with Crippen molar-refractivity contribution in [1.29, 1.82) is 0 Å². The second kappa shape index (κ2) is 11.5. The van der Waals surface area contributed by atoms with Gasteiger partial charge in [-0.05, 0) is 18.2 Å². The van der Waals surface area contributed by atoms with Crippen LogP contribution in [0.1, 0.15) is 11.3 Å². The summed E-state index contributed by atoms with van der Waals surface area (Å²) >= 11 is 0. The van der Waals surface area contributed by atoms with Crippen LogP contribution in [0.25, 0.3) is 11.5 Å². The summed E-state index contributed by atoms with van der Waals surface area (Å²) in [5.74, 6) is 0.865. The summed E-state index contributed by atoms with van der Waals surface area (Å²) in [6, 6.07) is 12.7. The molecule has 0 saturated heterocycles. The molecule has 2 heterocycles. The fourth-order valence-corrected chi connectivity index (χ4v) is 2.51. The SMILES string of the molecule is CN=C(NCc1coc(-c2ccccc2)n1)NCc1cccnc1OCC(F)(F)F.I. The molecule has 0 radical (unpaired) electrons. The van der Waals surface area contributed by atoms with Crippen LogP contribution in [0.4, 0.5) is 13.2 Å². The second-order valence-corrected chi connectivity index (χ2v) is 6.16. The van der Waals surface area contributed by atoms with E-state index in [4.69, 9.17) is 9.15 Å². The Morgan fingerprint density at radius 3 is 2.55 bits per heavy atom. The summed E-state index contributed by atoms with van der Waals surface area (Å²) in [5.41, 5.74) is 2.01. The molecular weight excluding hydrogens is 526 g/mol. The van der Waals surface area contributed by atoms with Crippen LogP contribution in [0.15, 0.2) is 64.3 Å². The van der Waals surface area contributed by atoms with Gasteiger partial charge in [-0.15, -0.1) is 24.0 Å². The Labute approximate surface area is 194 Å². The first kappa shape index (κ1) is 24.4. The van der Waals surface area contributed by atoms with E-state index in [1.165, 1.54) is 6.20 Å². The lowest BCUT2D eigenvalue weighted by atomic mass is 10.2. The van der Waals surface area contributed by atoms with Crippen LogP contribution < -0.4 is 15.4 Å². The number of guanidine groups is 1. The molecule has 1 aromatic carbocycles. The summed E-state index contributed by atoms with van der Waals surface area (Å²) in [6.07, 6.45) is -1.51. The van der Waals surface area contributed by atoms with Crippen molar-refractivity contribution in [2.75, 3.05) is 13.7 Å². The zero-order valence-electron chi connectivity index (χ0n) is 16.5. The number of halogens is 4. The molecule has 0 bridgehead atoms. The molecule has 0 aliphatic carbocycles. The number of nitrogens with zero attached hydrogens (tertiary/aromatic N) is 3. The number of aromatic nitrogens is 2. The van der Waals surface area contributed by atoms with Crippen molar-refractivity contribution in [3.63, 3.8) is 0 Å². The number of ether oxygens (including phenoxy) is 1. The number of alkyl halides is 3. The van der Waals surface area contributed by atoms with Gasteiger partial charge in [-0.3, -0.25) is 4.99 Å². The third-order valence-corrected chi connectivity index (χ3v) is 3.90. The number of hydrogen-bond acceptors (Lipinski definition) is 5. The first-order valence-corrected chi connectivity index (χ1v) is 9.02. The van der Waals surface area contributed by atoms with Gasteiger partial charge in [0.25, 0.3) is 0 Å². The molecule has 0 atom stereocenters. The molecule has 3 aromatic rings. The van der Waals surface area contributed by atoms with Gasteiger partial charge >= 0.3 is 6.18 Å². The largest absolute Gasteiger partial charge is 0.468 e. The van der Waals surface area contributed by atoms with E-state index in [2.05, 4.69) is 25.6 Å². The van der Waals surface area contributed by atoms with Gasteiger partial charge in [0.05, 0.1) is 12.2 Å². The standard InChI is InChI=1S/C20H20F3N5O2.HI/c1-24-19(26-10-15-8-5-9-25-17(15)30-13-20(21,22)23)27-11-16-12-29-18(28-16)14-6-3-2-4-7-14;/h2-9,12H,10-11,13H2,1H3,(H2,24,26,27);1H. The van der Waals surface area contributed by atoms with Crippen molar-refractivity contribution in [2.24, 2.45) is 4.99 Å². The molecule has 2 N–H and O–H groups in total. The monoisotopic (exact) mass is 547 g/mol. The number of oxazole rings is 1. The number of pyridine rings is 1. The van der Waals surface area contributed by atoms with Crippen LogP contribution in [-0.4, -0.2) is 35.8 Å². The highest BCUT2D eigenvalue weighted by Crippen LogP contribution is 2.20. The average Bonchev–Trinajstić information content (AvgIpc) is 3.22. The van der Waals surface area contributed by atoms with E-state index in [0.717, 1.165) is 5.56 Å². The van der Waals surface area contributed by atoms with E-state index in [9.17, 15) is 13.2 Å². The Kier molecular flexibility index (Phi) is 9.09. The third kappa shape index (κ3) is 7.74. The zero-order chi connectivity index (χ0) is 21.4. The molecule has 2 aromatic heterocycles. The maximum Gasteiger partial charge on any atom is 0.422 e. The molecule has 7 nitrogen and oxygen atoms in total. The van der Waals surface area contributed by atoms with Gasteiger partial charge < -0.3 is 19.8 Å². The average molecular weight is 547 g/mol. The fraction of sp³-hybridized carbons (Fsp3) is 0.250. The summed E-state index contributed by atoms with van der Waals surface area (Å²) in [6.45, 7) is -0.880. The Bertz CT molecular complexity index is 980. The second-order valence-electron chi connectivity index (χ2n) is 6.16. The van der Waals surface area contributed by atoms with Gasteiger partial charge in [0.15, 0.2) is 12.6 Å². The number of rotatable bonds is 7. The topological polar surface area (TPSA) is 84.6 Å². The van der Waals surface area contributed by atoms with Crippen LogP contribution in [0, 0.1) is 0 Å². The van der Waals surface area contributed by atoms with E-state index >= 15 is 0 Å². The van der Waals surface area contributed by atoms with Gasteiger partial charge in [-0.25, -0.2) is 9.97 Å². The van der Waals surface area contributed by atoms with E-state index in [1.54, 1.807) is 25.4 Å². The van der Waals surface area contributed by atoms with Gasteiger partial charge in [0.2, 0.25) is 11.8 Å². The molecule has 0 aliphatic heterocycles.